The van der Waals surface area contributed by atoms with Crippen LogP contribution in [-0.4, -0.2) is 16.6 Å². The van der Waals surface area contributed by atoms with E-state index in [-0.39, 0.29) is 0 Å². The van der Waals surface area contributed by atoms with Gasteiger partial charge < -0.3 is 4.74 Å². The molecule has 1 saturated carbocycles. The standard InChI is InChI=1S/C11H15ClN2O/c1-3-6-15-11-7(2)9(12)13-10(14-11)8-4-5-8/h8H,3-6H2,1-2H3. The largest absolute Gasteiger partial charge is 0.477 e. The van der Waals surface area contributed by atoms with Crippen molar-refractivity contribution in [1.29, 1.82) is 0 Å². The van der Waals surface area contributed by atoms with Gasteiger partial charge in [-0.05, 0) is 26.2 Å². The molecular weight excluding hydrogens is 212 g/mol. The highest BCUT2D eigenvalue weighted by atomic mass is 35.5. The maximum Gasteiger partial charge on any atom is 0.221 e. The van der Waals surface area contributed by atoms with Crippen LogP contribution in [0.4, 0.5) is 0 Å². The van der Waals surface area contributed by atoms with Gasteiger partial charge >= 0.3 is 0 Å². The molecule has 0 atom stereocenters. The number of halogens is 1. The maximum absolute atomic E-state index is 6.04. The van der Waals surface area contributed by atoms with E-state index in [1.54, 1.807) is 0 Å². The van der Waals surface area contributed by atoms with Crippen molar-refractivity contribution in [3.63, 3.8) is 0 Å². The lowest BCUT2D eigenvalue weighted by molar-refractivity contribution is 0.301. The molecule has 1 aromatic rings. The second-order valence-corrected chi connectivity index (χ2v) is 4.28. The second-order valence-electron chi connectivity index (χ2n) is 3.93. The van der Waals surface area contributed by atoms with E-state index < -0.39 is 0 Å². The number of hydrogen-bond donors (Lipinski definition) is 0. The van der Waals surface area contributed by atoms with E-state index in [1.165, 1.54) is 12.8 Å². The van der Waals surface area contributed by atoms with Crippen LogP contribution in [0, 0.1) is 6.92 Å². The van der Waals surface area contributed by atoms with Crippen molar-refractivity contribution in [2.75, 3.05) is 6.61 Å². The first-order valence-corrected chi connectivity index (χ1v) is 5.77. The molecule has 0 N–H and O–H groups in total. The summed E-state index contributed by atoms with van der Waals surface area (Å²) in [6, 6.07) is 0. The highest BCUT2D eigenvalue weighted by molar-refractivity contribution is 6.30. The third kappa shape index (κ3) is 2.40. The average Bonchev–Trinajstić information content (AvgIpc) is 3.03. The Labute approximate surface area is 94.8 Å². The molecule has 0 spiro atoms. The Balaban J connectivity index is 2.25. The minimum atomic E-state index is 0.507. The van der Waals surface area contributed by atoms with Crippen molar-refractivity contribution in [3.05, 3.63) is 16.5 Å². The Kier molecular flexibility index (Phi) is 3.10. The summed E-state index contributed by atoms with van der Waals surface area (Å²) in [5.41, 5.74) is 0.842. The van der Waals surface area contributed by atoms with Crippen molar-refractivity contribution in [2.45, 2.75) is 39.0 Å². The van der Waals surface area contributed by atoms with Crippen LogP contribution < -0.4 is 4.74 Å². The van der Waals surface area contributed by atoms with Crippen molar-refractivity contribution in [2.24, 2.45) is 0 Å². The Morgan fingerprint density at radius 1 is 1.40 bits per heavy atom. The maximum atomic E-state index is 6.04. The molecule has 1 fully saturated rings. The fourth-order valence-corrected chi connectivity index (χ4v) is 1.52. The number of rotatable bonds is 4. The summed E-state index contributed by atoms with van der Waals surface area (Å²) in [6.07, 6.45) is 3.32. The summed E-state index contributed by atoms with van der Waals surface area (Å²) >= 11 is 6.04. The highest BCUT2D eigenvalue weighted by Gasteiger charge is 2.28. The lowest BCUT2D eigenvalue weighted by atomic mass is 10.3. The molecule has 1 aromatic heterocycles. The summed E-state index contributed by atoms with van der Waals surface area (Å²) in [7, 11) is 0. The summed E-state index contributed by atoms with van der Waals surface area (Å²) < 4.78 is 5.55. The molecular formula is C11H15ClN2O. The molecule has 4 heteroatoms. The topological polar surface area (TPSA) is 35.0 Å². The zero-order valence-corrected chi connectivity index (χ0v) is 9.84. The van der Waals surface area contributed by atoms with E-state index in [0.29, 0.717) is 23.6 Å². The predicted octanol–water partition coefficient (Wildman–Crippen LogP) is 3.10. The van der Waals surface area contributed by atoms with E-state index in [2.05, 4.69) is 16.9 Å². The van der Waals surface area contributed by atoms with Gasteiger partial charge in [-0.15, -0.1) is 0 Å². The highest BCUT2D eigenvalue weighted by Crippen LogP contribution is 2.39. The first kappa shape index (κ1) is 10.7. The minimum absolute atomic E-state index is 0.507. The van der Waals surface area contributed by atoms with Crippen LogP contribution in [0.3, 0.4) is 0 Å². The molecule has 0 aromatic carbocycles. The Morgan fingerprint density at radius 2 is 2.13 bits per heavy atom. The molecule has 1 aliphatic rings. The molecule has 0 amide bonds. The molecule has 3 nitrogen and oxygen atoms in total. The van der Waals surface area contributed by atoms with Gasteiger partial charge in [0, 0.05) is 11.5 Å². The summed E-state index contributed by atoms with van der Waals surface area (Å²) in [5.74, 6) is 2.00. The summed E-state index contributed by atoms with van der Waals surface area (Å²) in [6.45, 7) is 4.64. The first-order valence-electron chi connectivity index (χ1n) is 5.39. The lowest BCUT2D eigenvalue weighted by Gasteiger charge is -2.09. The van der Waals surface area contributed by atoms with Gasteiger partial charge in [0.05, 0.1) is 6.61 Å². The second kappa shape index (κ2) is 4.35. The molecule has 0 unspecified atom stereocenters. The summed E-state index contributed by atoms with van der Waals surface area (Å²) in [5, 5.41) is 0.526. The van der Waals surface area contributed by atoms with Crippen LogP contribution >= 0.6 is 11.6 Å². The van der Waals surface area contributed by atoms with Gasteiger partial charge in [0.15, 0.2) is 0 Å². The van der Waals surface area contributed by atoms with Crippen LogP contribution in [0.5, 0.6) is 5.88 Å². The van der Waals surface area contributed by atoms with E-state index in [4.69, 9.17) is 16.3 Å². The molecule has 1 aliphatic carbocycles. The number of ether oxygens (including phenoxy) is 1. The van der Waals surface area contributed by atoms with Crippen LogP contribution in [0.1, 0.15) is 43.5 Å². The first-order chi connectivity index (χ1) is 7.22. The number of hydrogen-bond acceptors (Lipinski definition) is 3. The van der Waals surface area contributed by atoms with Gasteiger partial charge in [-0.1, -0.05) is 18.5 Å². The third-order valence-electron chi connectivity index (χ3n) is 2.44. The predicted molar refractivity (Wildman–Crippen MR) is 59.5 cm³/mol. The van der Waals surface area contributed by atoms with Gasteiger partial charge in [0.1, 0.15) is 11.0 Å². The molecule has 1 heterocycles. The minimum Gasteiger partial charge on any atom is -0.477 e. The lowest BCUT2D eigenvalue weighted by Crippen LogP contribution is -2.04. The number of aromatic nitrogens is 2. The fourth-order valence-electron chi connectivity index (χ4n) is 1.35. The molecule has 2 rings (SSSR count). The Morgan fingerprint density at radius 3 is 2.73 bits per heavy atom. The zero-order valence-electron chi connectivity index (χ0n) is 9.09. The zero-order chi connectivity index (χ0) is 10.8. The quantitative estimate of drug-likeness (QED) is 0.740. The van der Waals surface area contributed by atoms with Crippen molar-refractivity contribution in [1.82, 2.24) is 9.97 Å². The SMILES string of the molecule is CCCOc1nc(C2CC2)nc(Cl)c1C. The molecule has 0 saturated heterocycles. The van der Waals surface area contributed by atoms with Crippen LogP contribution in [-0.2, 0) is 0 Å². The van der Waals surface area contributed by atoms with Crippen LogP contribution in [0.2, 0.25) is 5.15 Å². The normalized spacial score (nSPS) is 15.4. The van der Waals surface area contributed by atoms with Crippen LogP contribution in [0.25, 0.3) is 0 Å². The molecule has 0 radical (unpaired) electrons. The van der Waals surface area contributed by atoms with E-state index in [1.807, 2.05) is 6.92 Å². The fraction of sp³-hybridized carbons (Fsp3) is 0.636. The molecule has 82 valence electrons. The van der Waals surface area contributed by atoms with Gasteiger partial charge in [-0.25, -0.2) is 4.98 Å². The average molecular weight is 227 g/mol. The third-order valence-corrected chi connectivity index (χ3v) is 2.81. The monoisotopic (exact) mass is 226 g/mol. The van der Waals surface area contributed by atoms with Crippen molar-refractivity contribution in [3.8, 4) is 5.88 Å². The van der Waals surface area contributed by atoms with Crippen molar-refractivity contribution >= 4 is 11.6 Å². The van der Waals surface area contributed by atoms with Crippen molar-refractivity contribution < 1.29 is 4.74 Å². The van der Waals surface area contributed by atoms with E-state index in [0.717, 1.165) is 17.8 Å². The molecule has 0 aliphatic heterocycles. The van der Waals surface area contributed by atoms with Crippen LogP contribution in [0.15, 0.2) is 0 Å². The van der Waals surface area contributed by atoms with Gasteiger partial charge in [0.2, 0.25) is 5.88 Å². The smallest absolute Gasteiger partial charge is 0.221 e. The molecule has 15 heavy (non-hydrogen) atoms. The van der Waals surface area contributed by atoms with Gasteiger partial charge in [-0.3, -0.25) is 0 Å². The summed E-state index contributed by atoms with van der Waals surface area (Å²) in [4.78, 5) is 8.69. The number of nitrogens with zero attached hydrogens (tertiary/aromatic N) is 2. The molecule has 0 bridgehead atoms. The van der Waals surface area contributed by atoms with E-state index >= 15 is 0 Å². The Hall–Kier alpha value is -0.830. The van der Waals surface area contributed by atoms with Gasteiger partial charge in [-0.2, -0.15) is 4.98 Å². The Bertz CT molecular complexity index is 364. The van der Waals surface area contributed by atoms with Gasteiger partial charge in [0.25, 0.3) is 0 Å². The van der Waals surface area contributed by atoms with E-state index in [9.17, 15) is 0 Å².